The molecule has 3 nitrogen and oxygen atoms in total. The fourth-order valence-corrected chi connectivity index (χ4v) is 2.13. The second-order valence-corrected chi connectivity index (χ2v) is 4.66. The van der Waals surface area contributed by atoms with Gasteiger partial charge in [0.15, 0.2) is 0 Å². The quantitative estimate of drug-likeness (QED) is 0.840. The van der Waals surface area contributed by atoms with Gasteiger partial charge in [0.1, 0.15) is 5.82 Å². The lowest BCUT2D eigenvalue weighted by Crippen LogP contribution is -2.30. The number of anilines is 1. The molecule has 0 N–H and O–H groups in total. The van der Waals surface area contributed by atoms with Gasteiger partial charge < -0.3 is 9.64 Å². The number of benzene rings is 2. The van der Waals surface area contributed by atoms with E-state index in [0.717, 1.165) is 5.56 Å². The molecule has 0 bridgehead atoms. The Kier molecular flexibility index (Phi) is 5.06. The third-order valence-corrected chi connectivity index (χ3v) is 3.21. The van der Waals surface area contributed by atoms with Gasteiger partial charge in [-0.3, -0.25) is 4.79 Å². The van der Waals surface area contributed by atoms with E-state index in [1.165, 1.54) is 12.1 Å². The molecule has 0 unspecified atom stereocenters. The van der Waals surface area contributed by atoms with Gasteiger partial charge in [-0.1, -0.05) is 12.1 Å². The van der Waals surface area contributed by atoms with Crippen LogP contribution in [0.15, 0.2) is 48.5 Å². The molecule has 0 heterocycles. The minimum absolute atomic E-state index is 0.104. The van der Waals surface area contributed by atoms with E-state index in [4.69, 9.17) is 4.74 Å². The number of halogens is 1. The van der Waals surface area contributed by atoms with Gasteiger partial charge in [0.05, 0.1) is 6.61 Å². The summed E-state index contributed by atoms with van der Waals surface area (Å²) < 4.78 is 18.0. The molecular formula is C17H18FNO2. The standard InChI is InChI=1S/C17H18FNO2/c1-3-19(16-10-8-15(18)9-11-16)17(20)14-6-4-13(5-7-14)12-21-2/h4-11H,3,12H2,1-2H3. The second-order valence-electron chi connectivity index (χ2n) is 4.66. The third kappa shape index (κ3) is 3.67. The van der Waals surface area contributed by atoms with E-state index in [1.54, 1.807) is 36.3 Å². The van der Waals surface area contributed by atoms with Crippen molar-refractivity contribution < 1.29 is 13.9 Å². The molecule has 21 heavy (non-hydrogen) atoms. The number of rotatable bonds is 5. The van der Waals surface area contributed by atoms with Gasteiger partial charge >= 0.3 is 0 Å². The van der Waals surface area contributed by atoms with Crippen molar-refractivity contribution in [2.24, 2.45) is 0 Å². The number of hydrogen-bond donors (Lipinski definition) is 0. The van der Waals surface area contributed by atoms with E-state index < -0.39 is 0 Å². The maximum absolute atomic E-state index is 13.0. The first-order chi connectivity index (χ1) is 10.2. The zero-order valence-electron chi connectivity index (χ0n) is 12.2. The highest BCUT2D eigenvalue weighted by Gasteiger charge is 2.15. The highest BCUT2D eigenvalue weighted by molar-refractivity contribution is 6.06. The molecule has 1 amide bonds. The van der Waals surface area contributed by atoms with E-state index in [9.17, 15) is 9.18 Å². The smallest absolute Gasteiger partial charge is 0.258 e. The average molecular weight is 287 g/mol. The van der Waals surface area contributed by atoms with Crippen LogP contribution in [0.4, 0.5) is 10.1 Å². The number of methoxy groups -OCH3 is 1. The van der Waals surface area contributed by atoms with Crippen molar-refractivity contribution >= 4 is 11.6 Å². The molecule has 2 aromatic rings. The van der Waals surface area contributed by atoms with Crippen molar-refractivity contribution in [1.82, 2.24) is 0 Å². The topological polar surface area (TPSA) is 29.5 Å². The molecule has 0 atom stereocenters. The number of ether oxygens (including phenoxy) is 1. The Morgan fingerprint density at radius 3 is 2.24 bits per heavy atom. The third-order valence-electron chi connectivity index (χ3n) is 3.21. The molecule has 0 aliphatic heterocycles. The summed E-state index contributed by atoms with van der Waals surface area (Å²) in [6.07, 6.45) is 0. The maximum atomic E-state index is 13.0. The van der Waals surface area contributed by atoms with Gasteiger partial charge in [-0.25, -0.2) is 4.39 Å². The Bertz CT molecular complexity index is 593. The number of hydrogen-bond acceptors (Lipinski definition) is 2. The van der Waals surface area contributed by atoms with Crippen molar-refractivity contribution in [1.29, 1.82) is 0 Å². The van der Waals surface area contributed by atoms with Crippen LogP contribution in [-0.2, 0) is 11.3 Å². The predicted molar refractivity (Wildman–Crippen MR) is 80.9 cm³/mol. The molecular weight excluding hydrogens is 269 g/mol. The molecule has 0 aliphatic rings. The second kappa shape index (κ2) is 6.99. The van der Waals surface area contributed by atoms with Crippen LogP contribution < -0.4 is 4.90 Å². The molecule has 2 aromatic carbocycles. The molecule has 0 fully saturated rings. The summed E-state index contributed by atoms with van der Waals surface area (Å²) in [6, 6.07) is 13.2. The molecule has 0 aliphatic carbocycles. The molecule has 0 radical (unpaired) electrons. The van der Waals surface area contributed by atoms with Crippen molar-refractivity contribution in [3.63, 3.8) is 0 Å². The summed E-state index contributed by atoms with van der Waals surface area (Å²) in [5, 5.41) is 0. The Hall–Kier alpha value is -2.20. The Balaban J connectivity index is 2.21. The summed E-state index contributed by atoms with van der Waals surface area (Å²) in [4.78, 5) is 14.1. The first kappa shape index (κ1) is 15.2. The summed E-state index contributed by atoms with van der Waals surface area (Å²) in [5.74, 6) is -0.417. The zero-order valence-corrected chi connectivity index (χ0v) is 12.2. The number of amides is 1. The van der Waals surface area contributed by atoms with Crippen LogP contribution in [0.1, 0.15) is 22.8 Å². The fourth-order valence-electron chi connectivity index (χ4n) is 2.13. The van der Waals surface area contributed by atoms with E-state index in [2.05, 4.69) is 0 Å². The normalized spacial score (nSPS) is 10.4. The van der Waals surface area contributed by atoms with Crippen LogP contribution in [0, 0.1) is 5.82 Å². The average Bonchev–Trinajstić information content (AvgIpc) is 2.51. The molecule has 4 heteroatoms. The summed E-state index contributed by atoms with van der Waals surface area (Å²) >= 11 is 0. The van der Waals surface area contributed by atoms with Gasteiger partial charge in [0.25, 0.3) is 5.91 Å². The van der Waals surface area contributed by atoms with Crippen LogP contribution in [0.2, 0.25) is 0 Å². The number of carbonyl (C=O) groups excluding carboxylic acids is 1. The SMILES string of the molecule is CCN(C(=O)c1ccc(COC)cc1)c1ccc(F)cc1. The molecule has 0 spiro atoms. The van der Waals surface area contributed by atoms with Gasteiger partial charge in [-0.2, -0.15) is 0 Å². The van der Waals surface area contributed by atoms with Crippen LogP contribution >= 0.6 is 0 Å². The van der Waals surface area contributed by atoms with Crippen molar-refractivity contribution in [3.05, 3.63) is 65.5 Å². The predicted octanol–water partition coefficient (Wildman–Crippen LogP) is 3.64. The van der Waals surface area contributed by atoms with Gasteiger partial charge in [0.2, 0.25) is 0 Å². The van der Waals surface area contributed by atoms with Crippen molar-refractivity contribution in [3.8, 4) is 0 Å². The molecule has 0 saturated heterocycles. The first-order valence-electron chi connectivity index (χ1n) is 6.81. The van der Waals surface area contributed by atoms with Gasteiger partial charge in [0, 0.05) is 24.9 Å². The number of nitrogens with zero attached hydrogens (tertiary/aromatic N) is 1. The molecule has 0 aromatic heterocycles. The van der Waals surface area contributed by atoms with Crippen LogP contribution in [0.5, 0.6) is 0 Å². The first-order valence-corrected chi connectivity index (χ1v) is 6.81. The zero-order chi connectivity index (χ0) is 15.2. The lowest BCUT2D eigenvalue weighted by Gasteiger charge is -2.21. The largest absolute Gasteiger partial charge is 0.380 e. The van der Waals surface area contributed by atoms with Gasteiger partial charge in [-0.15, -0.1) is 0 Å². The Morgan fingerprint density at radius 2 is 1.71 bits per heavy atom. The lowest BCUT2D eigenvalue weighted by molar-refractivity contribution is 0.0988. The highest BCUT2D eigenvalue weighted by atomic mass is 19.1. The molecule has 110 valence electrons. The summed E-state index contributed by atoms with van der Waals surface area (Å²) in [5.41, 5.74) is 2.30. The number of carbonyl (C=O) groups is 1. The van der Waals surface area contributed by atoms with Crippen LogP contribution in [-0.4, -0.2) is 19.6 Å². The van der Waals surface area contributed by atoms with E-state index in [-0.39, 0.29) is 11.7 Å². The molecule has 0 saturated carbocycles. The van der Waals surface area contributed by atoms with E-state index in [1.807, 2.05) is 19.1 Å². The van der Waals surface area contributed by atoms with Crippen LogP contribution in [0.25, 0.3) is 0 Å². The maximum Gasteiger partial charge on any atom is 0.258 e. The Morgan fingerprint density at radius 1 is 1.10 bits per heavy atom. The van der Waals surface area contributed by atoms with E-state index in [0.29, 0.717) is 24.4 Å². The van der Waals surface area contributed by atoms with Crippen molar-refractivity contribution in [2.45, 2.75) is 13.5 Å². The monoisotopic (exact) mass is 287 g/mol. The fraction of sp³-hybridized carbons (Fsp3) is 0.235. The van der Waals surface area contributed by atoms with Crippen molar-refractivity contribution in [2.75, 3.05) is 18.6 Å². The van der Waals surface area contributed by atoms with Gasteiger partial charge in [-0.05, 0) is 48.9 Å². The summed E-state index contributed by atoms with van der Waals surface area (Å²) in [7, 11) is 1.63. The lowest BCUT2D eigenvalue weighted by atomic mass is 10.1. The minimum Gasteiger partial charge on any atom is -0.380 e. The molecule has 2 rings (SSSR count). The Labute approximate surface area is 124 Å². The van der Waals surface area contributed by atoms with Crippen LogP contribution in [0.3, 0.4) is 0 Å². The van der Waals surface area contributed by atoms with E-state index >= 15 is 0 Å². The highest BCUT2D eigenvalue weighted by Crippen LogP contribution is 2.18. The minimum atomic E-state index is -0.314. The summed E-state index contributed by atoms with van der Waals surface area (Å²) in [6.45, 7) is 2.93.